The lowest BCUT2D eigenvalue weighted by Crippen LogP contribution is -2.29. The van der Waals surface area contributed by atoms with Crippen molar-refractivity contribution < 1.29 is 10.2 Å². The molecule has 0 rings (SSSR count). The van der Waals surface area contributed by atoms with Crippen molar-refractivity contribution in [2.75, 3.05) is 0 Å². The average Bonchev–Trinajstić information content (AvgIpc) is 2.16. The highest BCUT2D eigenvalue weighted by molar-refractivity contribution is 4.97. The zero-order chi connectivity index (χ0) is 10.9. The molecule has 3 unspecified atom stereocenters. The number of hydrogen-bond donors (Lipinski definition) is 3. The smallest absolute Gasteiger partial charge is 0.129 e. The van der Waals surface area contributed by atoms with Crippen LogP contribution in [0.25, 0.3) is 0 Å². The van der Waals surface area contributed by atoms with Gasteiger partial charge in [0.05, 0.1) is 0 Å². The molecule has 0 spiro atoms. The Morgan fingerprint density at radius 2 is 1.77 bits per heavy atom. The highest BCUT2D eigenvalue weighted by Crippen LogP contribution is 1.82. The summed E-state index contributed by atoms with van der Waals surface area (Å²) in [5, 5.41) is 17.0. The van der Waals surface area contributed by atoms with Gasteiger partial charge in [-0.3, -0.25) is 0 Å². The summed E-state index contributed by atoms with van der Waals surface area (Å²) in [6, 6.07) is -0.315. The van der Waals surface area contributed by atoms with E-state index in [1.807, 2.05) is 6.92 Å². The van der Waals surface area contributed by atoms with Crippen LogP contribution in [0.4, 0.5) is 0 Å². The molecule has 0 aromatic rings. The molecule has 0 radical (unpaired) electrons. The minimum atomic E-state index is -0.792. The van der Waals surface area contributed by atoms with E-state index in [-0.39, 0.29) is 6.04 Å². The quantitative estimate of drug-likeness (QED) is 0.516. The Labute approximate surface area is 80.0 Å². The molecule has 0 aliphatic rings. The van der Waals surface area contributed by atoms with E-state index < -0.39 is 12.2 Å². The Morgan fingerprint density at radius 3 is 1.77 bits per heavy atom. The molecule has 13 heavy (non-hydrogen) atoms. The molecule has 0 saturated carbocycles. The summed E-state index contributed by atoms with van der Waals surface area (Å²) in [6.45, 7) is 3.50. The Balaban J connectivity index is 0. The van der Waals surface area contributed by atoms with E-state index in [0.717, 1.165) is 0 Å². The number of hydrogen-bond acceptors (Lipinski definition) is 3. The van der Waals surface area contributed by atoms with Gasteiger partial charge in [-0.25, -0.2) is 0 Å². The molecule has 0 heterocycles. The molecule has 0 saturated heterocycles. The SMILES string of the molecule is C#CC(O)C(C)N.C#CC(O)CC. The number of aliphatic hydroxyl groups is 2. The van der Waals surface area contributed by atoms with Crippen LogP contribution in [0, 0.1) is 24.7 Å². The molecule has 0 aliphatic heterocycles. The summed E-state index contributed by atoms with van der Waals surface area (Å²) >= 11 is 0. The van der Waals surface area contributed by atoms with Crippen LogP contribution in [-0.2, 0) is 0 Å². The van der Waals surface area contributed by atoms with Crippen molar-refractivity contribution >= 4 is 0 Å². The van der Waals surface area contributed by atoms with Gasteiger partial charge in [0.15, 0.2) is 0 Å². The lowest BCUT2D eigenvalue weighted by atomic mass is 10.2. The molecular weight excluding hydrogens is 166 g/mol. The molecular formula is C10H17NO2. The Hall–Kier alpha value is -1.00. The third kappa shape index (κ3) is 11.0. The highest BCUT2D eigenvalue weighted by atomic mass is 16.3. The zero-order valence-electron chi connectivity index (χ0n) is 8.07. The molecule has 0 bridgehead atoms. The van der Waals surface area contributed by atoms with Crippen molar-refractivity contribution in [2.24, 2.45) is 5.73 Å². The van der Waals surface area contributed by atoms with Gasteiger partial charge in [0.25, 0.3) is 0 Å². The average molecular weight is 183 g/mol. The lowest BCUT2D eigenvalue weighted by molar-refractivity contribution is 0.208. The third-order valence-electron chi connectivity index (χ3n) is 1.25. The number of rotatable bonds is 2. The maximum Gasteiger partial charge on any atom is 0.129 e. The Morgan fingerprint density at radius 1 is 1.31 bits per heavy atom. The monoisotopic (exact) mass is 183 g/mol. The van der Waals surface area contributed by atoms with Gasteiger partial charge in [-0.2, -0.15) is 0 Å². The molecule has 0 fully saturated rings. The van der Waals surface area contributed by atoms with Crippen LogP contribution in [0.2, 0.25) is 0 Å². The summed E-state index contributed by atoms with van der Waals surface area (Å²) in [5.74, 6) is 4.27. The van der Waals surface area contributed by atoms with Gasteiger partial charge >= 0.3 is 0 Å². The standard InChI is InChI=1S/C5H9NO.C5H8O/c1-3-5(7)4(2)6;1-3-5(6)4-2/h1,4-5,7H,6H2,2H3;1,5-6H,4H2,2H3. The van der Waals surface area contributed by atoms with E-state index >= 15 is 0 Å². The Kier molecular flexibility index (Phi) is 10.2. The van der Waals surface area contributed by atoms with Crippen LogP contribution in [0.5, 0.6) is 0 Å². The Bertz CT molecular complexity index is 188. The first-order chi connectivity index (χ1) is 5.99. The fourth-order valence-corrected chi connectivity index (χ4v) is 0.270. The summed E-state index contributed by atoms with van der Waals surface area (Å²) in [7, 11) is 0. The largest absolute Gasteiger partial charge is 0.380 e. The van der Waals surface area contributed by atoms with Crippen molar-refractivity contribution in [2.45, 2.75) is 38.5 Å². The number of terminal acetylenes is 2. The summed E-state index contributed by atoms with van der Waals surface area (Å²) < 4.78 is 0. The van der Waals surface area contributed by atoms with Crippen molar-refractivity contribution in [3.63, 3.8) is 0 Å². The van der Waals surface area contributed by atoms with Gasteiger partial charge in [0.2, 0.25) is 0 Å². The molecule has 3 atom stereocenters. The van der Waals surface area contributed by atoms with Crippen LogP contribution in [0.1, 0.15) is 20.3 Å². The van der Waals surface area contributed by atoms with Crippen molar-refractivity contribution in [1.29, 1.82) is 0 Å². The number of nitrogens with two attached hydrogens (primary N) is 1. The highest BCUT2D eigenvalue weighted by Gasteiger charge is 2.01. The predicted octanol–water partition coefficient (Wildman–Crippen LogP) is -0.282. The minimum absolute atomic E-state index is 0.315. The second-order valence-electron chi connectivity index (χ2n) is 2.56. The van der Waals surface area contributed by atoms with Gasteiger partial charge in [0, 0.05) is 6.04 Å². The van der Waals surface area contributed by atoms with Crippen LogP contribution in [-0.4, -0.2) is 28.5 Å². The maximum atomic E-state index is 8.57. The second kappa shape index (κ2) is 9.09. The summed E-state index contributed by atoms with van der Waals surface area (Å²) in [6.07, 6.45) is 8.90. The van der Waals surface area contributed by atoms with Gasteiger partial charge in [-0.15, -0.1) is 12.8 Å². The first kappa shape index (κ1) is 14.5. The van der Waals surface area contributed by atoms with Crippen LogP contribution in [0.3, 0.4) is 0 Å². The topological polar surface area (TPSA) is 66.5 Å². The van der Waals surface area contributed by atoms with Gasteiger partial charge < -0.3 is 15.9 Å². The first-order valence-corrected chi connectivity index (χ1v) is 4.03. The first-order valence-electron chi connectivity index (χ1n) is 4.03. The van der Waals surface area contributed by atoms with E-state index in [1.165, 1.54) is 0 Å². The maximum absolute atomic E-state index is 8.57. The summed E-state index contributed by atoms with van der Waals surface area (Å²) in [4.78, 5) is 0. The van der Waals surface area contributed by atoms with Crippen molar-refractivity contribution in [3.05, 3.63) is 0 Å². The van der Waals surface area contributed by atoms with Crippen LogP contribution >= 0.6 is 0 Å². The van der Waals surface area contributed by atoms with E-state index in [0.29, 0.717) is 6.42 Å². The third-order valence-corrected chi connectivity index (χ3v) is 1.25. The fourth-order valence-electron chi connectivity index (χ4n) is 0.270. The molecule has 0 aliphatic carbocycles. The molecule has 74 valence electrons. The van der Waals surface area contributed by atoms with Gasteiger partial charge in [-0.05, 0) is 13.3 Å². The van der Waals surface area contributed by atoms with Gasteiger partial charge in [-0.1, -0.05) is 18.8 Å². The van der Waals surface area contributed by atoms with Gasteiger partial charge in [0.1, 0.15) is 12.2 Å². The molecule has 3 heteroatoms. The molecule has 0 aromatic carbocycles. The predicted molar refractivity (Wildman–Crippen MR) is 53.6 cm³/mol. The minimum Gasteiger partial charge on any atom is -0.380 e. The van der Waals surface area contributed by atoms with E-state index in [9.17, 15) is 0 Å². The normalized spacial score (nSPS) is 15.3. The molecule has 3 nitrogen and oxygen atoms in total. The van der Waals surface area contributed by atoms with E-state index in [2.05, 4.69) is 11.8 Å². The van der Waals surface area contributed by atoms with Crippen LogP contribution in [0.15, 0.2) is 0 Å². The van der Waals surface area contributed by atoms with Crippen LogP contribution < -0.4 is 5.73 Å². The van der Waals surface area contributed by atoms with Crippen molar-refractivity contribution in [1.82, 2.24) is 0 Å². The van der Waals surface area contributed by atoms with Crippen molar-refractivity contribution in [3.8, 4) is 24.7 Å². The van der Waals surface area contributed by atoms with E-state index in [1.54, 1.807) is 6.92 Å². The lowest BCUT2D eigenvalue weighted by Gasteiger charge is -2.04. The number of aliphatic hydroxyl groups excluding tert-OH is 2. The summed E-state index contributed by atoms with van der Waals surface area (Å²) in [5.41, 5.74) is 5.15. The molecule has 0 aromatic heterocycles. The molecule has 0 amide bonds. The van der Waals surface area contributed by atoms with E-state index in [4.69, 9.17) is 28.8 Å². The zero-order valence-corrected chi connectivity index (χ0v) is 8.07. The fraction of sp³-hybridized carbons (Fsp3) is 0.600. The second-order valence-corrected chi connectivity index (χ2v) is 2.56. The molecule has 4 N–H and O–H groups in total.